The van der Waals surface area contributed by atoms with Crippen molar-refractivity contribution in [3.05, 3.63) is 35.4 Å². The second kappa shape index (κ2) is 2.85. The molecule has 12 heavy (non-hydrogen) atoms. The Bertz CT molecular complexity index is 320. The summed E-state index contributed by atoms with van der Waals surface area (Å²) in [6.07, 6.45) is 0.884. The van der Waals surface area contributed by atoms with Crippen LogP contribution in [0, 0.1) is 0 Å². The van der Waals surface area contributed by atoms with E-state index in [-0.39, 0.29) is 0 Å². The normalized spacial score (nSPS) is 18.5. The average molecular weight is 163 g/mol. The minimum absolute atomic E-state index is 0.330. The first-order chi connectivity index (χ1) is 5.92. The summed E-state index contributed by atoms with van der Waals surface area (Å²) in [6.45, 7) is 0.594. The molecule has 0 bridgehead atoms. The number of hydrogen-bond acceptors (Lipinski definition) is 3. The fourth-order valence-corrected chi connectivity index (χ4v) is 1.37. The van der Waals surface area contributed by atoms with Crippen LogP contribution >= 0.6 is 0 Å². The van der Waals surface area contributed by atoms with Crippen molar-refractivity contribution in [2.75, 3.05) is 6.61 Å². The van der Waals surface area contributed by atoms with Crippen molar-refractivity contribution in [3.63, 3.8) is 0 Å². The third kappa shape index (κ3) is 1.03. The van der Waals surface area contributed by atoms with Gasteiger partial charge in [0.15, 0.2) is 0 Å². The monoisotopic (exact) mass is 163 g/mol. The number of rotatable bonds is 0. The van der Waals surface area contributed by atoms with E-state index in [9.17, 15) is 0 Å². The van der Waals surface area contributed by atoms with E-state index in [0.717, 1.165) is 12.0 Å². The van der Waals surface area contributed by atoms with Gasteiger partial charge in [0.25, 0.3) is 5.90 Å². The number of oxime groups is 1. The average Bonchev–Trinajstić information content (AvgIpc) is 2.17. The van der Waals surface area contributed by atoms with Crippen molar-refractivity contribution >= 4 is 5.90 Å². The van der Waals surface area contributed by atoms with Crippen molar-refractivity contribution in [3.8, 4) is 0 Å². The van der Waals surface area contributed by atoms with Crippen LogP contribution in [-0.4, -0.2) is 17.7 Å². The zero-order chi connectivity index (χ0) is 8.39. The molecule has 1 aromatic rings. The van der Waals surface area contributed by atoms with Gasteiger partial charge < -0.3 is 9.94 Å². The van der Waals surface area contributed by atoms with Crippen molar-refractivity contribution in [2.24, 2.45) is 5.16 Å². The topological polar surface area (TPSA) is 41.8 Å². The predicted octanol–water partition coefficient (Wildman–Crippen LogP) is 1.40. The van der Waals surface area contributed by atoms with Gasteiger partial charge in [-0.3, -0.25) is 0 Å². The molecule has 0 spiro atoms. The van der Waals surface area contributed by atoms with Crippen molar-refractivity contribution in [1.29, 1.82) is 0 Å². The quantitative estimate of drug-likeness (QED) is 0.464. The Labute approximate surface area is 70.3 Å². The van der Waals surface area contributed by atoms with Crippen molar-refractivity contribution in [2.45, 2.75) is 6.42 Å². The molecular formula is C9H9NO2. The van der Waals surface area contributed by atoms with Crippen LogP contribution in [0.4, 0.5) is 0 Å². The predicted molar refractivity (Wildman–Crippen MR) is 44.4 cm³/mol. The smallest absolute Gasteiger partial charge is 0.257 e. The SMILES string of the molecule is ON=C1OCCc2ccccc21. The summed E-state index contributed by atoms with van der Waals surface area (Å²) in [6, 6.07) is 7.78. The Morgan fingerprint density at radius 3 is 3.00 bits per heavy atom. The van der Waals surface area contributed by atoms with Crippen LogP contribution in [0.3, 0.4) is 0 Å². The number of hydrogen-bond donors (Lipinski definition) is 1. The van der Waals surface area contributed by atoms with E-state index in [1.54, 1.807) is 0 Å². The third-order valence-electron chi connectivity index (χ3n) is 1.95. The summed E-state index contributed by atoms with van der Waals surface area (Å²) in [4.78, 5) is 0. The van der Waals surface area contributed by atoms with Gasteiger partial charge in [0.2, 0.25) is 0 Å². The lowest BCUT2D eigenvalue weighted by molar-refractivity contribution is 0.252. The first-order valence-electron chi connectivity index (χ1n) is 3.85. The van der Waals surface area contributed by atoms with E-state index in [2.05, 4.69) is 5.16 Å². The van der Waals surface area contributed by atoms with Gasteiger partial charge in [-0.1, -0.05) is 18.2 Å². The zero-order valence-corrected chi connectivity index (χ0v) is 6.53. The minimum atomic E-state index is 0.330. The molecule has 3 heteroatoms. The van der Waals surface area contributed by atoms with Gasteiger partial charge in [-0.15, -0.1) is 0 Å². The standard InChI is InChI=1S/C9H9NO2/c11-10-9-8-4-2-1-3-7(8)5-6-12-9/h1-4,11H,5-6H2. The van der Waals surface area contributed by atoms with Crippen LogP contribution < -0.4 is 0 Å². The highest BCUT2D eigenvalue weighted by Gasteiger charge is 2.15. The lowest BCUT2D eigenvalue weighted by Gasteiger charge is -2.16. The highest BCUT2D eigenvalue weighted by Crippen LogP contribution is 2.16. The molecule has 1 heterocycles. The van der Waals surface area contributed by atoms with Gasteiger partial charge in [-0.25, -0.2) is 0 Å². The van der Waals surface area contributed by atoms with Crippen LogP contribution in [0.2, 0.25) is 0 Å². The number of ether oxygens (including phenoxy) is 1. The Hall–Kier alpha value is -1.51. The molecule has 1 N–H and O–H groups in total. The first-order valence-corrected chi connectivity index (χ1v) is 3.85. The van der Waals surface area contributed by atoms with Crippen LogP contribution in [0.15, 0.2) is 29.4 Å². The highest BCUT2D eigenvalue weighted by molar-refractivity contribution is 5.95. The molecule has 1 aromatic carbocycles. The first kappa shape index (κ1) is 7.16. The zero-order valence-electron chi connectivity index (χ0n) is 6.53. The lowest BCUT2D eigenvalue weighted by atomic mass is 10.0. The highest BCUT2D eigenvalue weighted by atomic mass is 16.5. The molecule has 0 aliphatic carbocycles. The fourth-order valence-electron chi connectivity index (χ4n) is 1.37. The van der Waals surface area contributed by atoms with E-state index in [1.807, 2.05) is 24.3 Å². The third-order valence-corrected chi connectivity index (χ3v) is 1.95. The van der Waals surface area contributed by atoms with Gasteiger partial charge >= 0.3 is 0 Å². The summed E-state index contributed by atoms with van der Waals surface area (Å²) in [5, 5.41) is 11.7. The molecule has 0 saturated carbocycles. The molecule has 3 nitrogen and oxygen atoms in total. The molecular weight excluding hydrogens is 154 g/mol. The number of nitrogens with zero attached hydrogens (tertiary/aromatic N) is 1. The molecule has 0 radical (unpaired) electrons. The van der Waals surface area contributed by atoms with Crippen LogP contribution in [0.5, 0.6) is 0 Å². The largest absolute Gasteiger partial charge is 0.475 e. The van der Waals surface area contributed by atoms with E-state index in [1.165, 1.54) is 5.56 Å². The summed E-state index contributed by atoms with van der Waals surface area (Å²) < 4.78 is 5.15. The summed E-state index contributed by atoms with van der Waals surface area (Å²) in [5.41, 5.74) is 2.07. The Morgan fingerprint density at radius 1 is 1.33 bits per heavy atom. The second-order valence-corrected chi connectivity index (χ2v) is 2.66. The van der Waals surface area contributed by atoms with Crippen molar-refractivity contribution in [1.82, 2.24) is 0 Å². The van der Waals surface area contributed by atoms with Crippen LogP contribution in [-0.2, 0) is 11.2 Å². The van der Waals surface area contributed by atoms with Gasteiger partial charge in [-0.2, -0.15) is 0 Å². The maximum atomic E-state index is 8.60. The molecule has 1 aliphatic heterocycles. The molecule has 1 aliphatic rings. The van der Waals surface area contributed by atoms with Gasteiger partial charge in [0.05, 0.1) is 6.61 Å². The van der Waals surface area contributed by atoms with E-state index in [4.69, 9.17) is 9.94 Å². The van der Waals surface area contributed by atoms with Crippen molar-refractivity contribution < 1.29 is 9.94 Å². The fraction of sp³-hybridized carbons (Fsp3) is 0.222. The Kier molecular flexibility index (Phi) is 1.70. The van der Waals surface area contributed by atoms with Gasteiger partial charge in [0, 0.05) is 12.0 Å². The number of fused-ring (bicyclic) bond motifs is 1. The maximum absolute atomic E-state index is 8.60. The van der Waals surface area contributed by atoms with Crippen LogP contribution in [0.1, 0.15) is 11.1 Å². The maximum Gasteiger partial charge on any atom is 0.257 e. The summed E-state index contributed by atoms with van der Waals surface area (Å²) in [7, 11) is 0. The van der Waals surface area contributed by atoms with E-state index >= 15 is 0 Å². The van der Waals surface area contributed by atoms with Gasteiger partial charge in [0.1, 0.15) is 0 Å². The van der Waals surface area contributed by atoms with E-state index < -0.39 is 0 Å². The van der Waals surface area contributed by atoms with Gasteiger partial charge in [-0.05, 0) is 16.8 Å². The summed E-state index contributed by atoms with van der Waals surface area (Å²) in [5.74, 6) is 0.330. The summed E-state index contributed by atoms with van der Waals surface area (Å²) >= 11 is 0. The minimum Gasteiger partial charge on any atom is -0.475 e. The molecule has 0 aromatic heterocycles. The molecule has 0 saturated heterocycles. The lowest BCUT2D eigenvalue weighted by Crippen LogP contribution is -2.18. The molecule has 0 fully saturated rings. The number of benzene rings is 1. The molecule has 0 atom stereocenters. The molecule has 62 valence electrons. The molecule has 0 unspecified atom stereocenters. The molecule has 0 amide bonds. The van der Waals surface area contributed by atoms with E-state index in [0.29, 0.717) is 12.5 Å². The van der Waals surface area contributed by atoms with Crippen LogP contribution in [0.25, 0.3) is 0 Å². The second-order valence-electron chi connectivity index (χ2n) is 2.66. The molecule has 2 rings (SSSR count). The Balaban J connectivity index is 2.51. The Morgan fingerprint density at radius 2 is 2.17 bits per heavy atom.